The topological polar surface area (TPSA) is 60.9 Å². The average molecular weight is 293 g/mol. The molecule has 1 unspecified atom stereocenters. The van der Waals surface area contributed by atoms with Crippen molar-refractivity contribution in [2.45, 2.75) is 64.1 Å². The molecule has 0 aromatic heterocycles. The number of likely N-dealkylation sites (tertiary alicyclic amines) is 1. The molecule has 0 aromatic carbocycles. The minimum absolute atomic E-state index is 0.0188. The van der Waals surface area contributed by atoms with Crippen molar-refractivity contribution < 1.29 is 14.4 Å². The SMILES string of the molecule is CC(C)(C)N1CC(N2C(=O)N3CCC[C@@]3(C)C2=O)CC1=O. The number of nitrogens with zero attached hydrogens (tertiary/aromatic N) is 3. The molecule has 21 heavy (non-hydrogen) atoms. The van der Waals surface area contributed by atoms with Crippen LogP contribution in [0.1, 0.15) is 47.0 Å². The average Bonchev–Trinajstić information content (AvgIpc) is 2.97. The van der Waals surface area contributed by atoms with Gasteiger partial charge in [0, 0.05) is 25.0 Å². The number of fused-ring (bicyclic) bond motifs is 1. The molecule has 6 nitrogen and oxygen atoms in total. The molecule has 0 saturated carbocycles. The summed E-state index contributed by atoms with van der Waals surface area (Å²) in [5.74, 6) is -0.108. The van der Waals surface area contributed by atoms with Gasteiger partial charge in [-0.15, -0.1) is 0 Å². The summed E-state index contributed by atoms with van der Waals surface area (Å²) >= 11 is 0. The highest BCUT2D eigenvalue weighted by atomic mass is 16.2. The van der Waals surface area contributed by atoms with E-state index in [0.717, 1.165) is 12.8 Å². The van der Waals surface area contributed by atoms with Gasteiger partial charge in [0.2, 0.25) is 5.91 Å². The maximum atomic E-state index is 12.7. The minimum Gasteiger partial charge on any atom is -0.336 e. The molecule has 3 heterocycles. The maximum absolute atomic E-state index is 12.7. The molecule has 0 N–H and O–H groups in total. The van der Waals surface area contributed by atoms with Crippen LogP contribution in [0.25, 0.3) is 0 Å². The van der Waals surface area contributed by atoms with Crippen molar-refractivity contribution >= 4 is 17.8 Å². The summed E-state index contributed by atoms with van der Waals surface area (Å²) < 4.78 is 0. The lowest BCUT2D eigenvalue weighted by Crippen LogP contribution is -2.47. The zero-order valence-corrected chi connectivity index (χ0v) is 13.2. The van der Waals surface area contributed by atoms with Gasteiger partial charge in [-0.2, -0.15) is 0 Å². The van der Waals surface area contributed by atoms with E-state index >= 15 is 0 Å². The Hall–Kier alpha value is -1.59. The monoisotopic (exact) mass is 293 g/mol. The first-order valence-corrected chi connectivity index (χ1v) is 7.62. The van der Waals surface area contributed by atoms with Crippen LogP contribution in [-0.2, 0) is 9.59 Å². The van der Waals surface area contributed by atoms with Gasteiger partial charge < -0.3 is 9.80 Å². The van der Waals surface area contributed by atoms with E-state index < -0.39 is 5.54 Å². The molecule has 116 valence electrons. The lowest BCUT2D eigenvalue weighted by molar-refractivity contribution is -0.133. The highest BCUT2D eigenvalue weighted by Crippen LogP contribution is 2.39. The van der Waals surface area contributed by atoms with Crippen LogP contribution in [0.3, 0.4) is 0 Å². The molecule has 3 aliphatic heterocycles. The molecule has 0 aliphatic carbocycles. The Morgan fingerprint density at radius 2 is 1.86 bits per heavy atom. The van der Waals surface area contributed by atoms with Crippen molar-refractivity contribution in [2.24, 2.45) is 0 Å². The molecular weight excluding hydrogens is 270 g/mol. The van der Waals surface area contributed by atoms with Crippen molar-refractivity contribution in [1.82, 2.24) is 14.7 Å². The van der Waals surface area contributed by atoms with E-state index in [0.29, 0.717) is 13.1 Å². The first kappa shape index (κ1) is 14.4. The summed E-state index contributed by atoms with van der Waals surface area (Å²) in [6, 6.07) is -0.535. The van der Waals surface area contributed by atoms with Crippen LogP contribution in [-0.4, -0.2) is 62.8 Å². The number of carbonyl (C=O) groups excluding carboxylic acids is 3. The van der Waals surface area contributed by atoms with Gasteiger partial charge in [0.25, 0.3) is 5.91 Å². The van der Waals surface area contributed by atoms with Crippen LogP contribution >= 0.6 is 0 Å². The largest absolute Gasteiger partial charge is 0.336 e. The smallest absolute Gasteiger partial charge is 0.328 e. The van der Waals surface area contributed by atoms with E-state index in [4.69, 9.17) is 0 Å². The summed E-state index contributed by atoms with van der Waals surface area (Å²) in [6.45, 7) is 8.85. The van der Waals surface area contributed by atoms with E-state index in [1.807, 2.05) is 27.7 Å². The number of rotatable bonds is 1. The fraction of sp³-hybridized carbons (Fsp3) is 0.800. The number of carbonyl (C=O) groups is 3. The zero-order valence-electron chi connectivity index (χ0n) is 13.2. The quantitative estimate of drug-likeness (QED) is 0.683. The van der Waals surface area contributed by atoms with Gasteiger partial charge >= 0.3 is 6.03 Å². The third kappa shape index (κ3) is 1.88. The van der Waals surface area contributed by atoms with E-state index in [2.05, 4.69) is 0 Å². The number of hydrogen-bond donors (Lipinski definition) is 0. The normalized spacial score (nSPS) is 33.4. The van der Waals surface area contributed by atoms with Crippen LogP contribution in [0.2, 0.25) is 0 Å². The first-order valence-electron chi connectivity index (χ1n) is 7.62. The van der Waals surface area contributed by atoms with Gasteiger partial charge in [0.1, 0.15) is 5.54 Å². The Bertz CT molecular complexity index is 525. The highest BCUT2D eigenvalue weighted by Gasteiger charge is 2.59. The van der Waals surface area contributed by atoms with Crippen molar-refractivity contribution in [3.63, 3.8) is 0 Å². The van der Waals surface area contributed by atoms with Gasteiger partial charge in [-0.25, -0.2) is 4.79 Å². The fourth-order valence-corrected chi connectivity index (χ4v) is 3.80. The van der Waals surface area contributed by atoms with E-state index in [1.54, 1.807) is 9.80 Å². The van der Waals surface area contributed by atoms with Crippen LogP contribution in [0, 0.1) is 0 Å². The Labute approximate surface area is 125 Å². The number of imide groups is 1. The number of hydrogen-bond acceptors (Lipinski definition) is 3. The molecule has 2 atom stereocenters. The van der Waals surface area contributed by atoms with Crippen LogP contribution in [0.4, 0.5) is 4.79 Å². The number of amides is 4. The maximum Gasteiger partial charge on any atom is 0.328 e. The first-order chi connectivity index (χ1) is 9.66. The minimum atomic E-state index is -0.685. The summed E-state index contributed by atoms with van der Waals surface area (Å²) in [7, 11) is 0. The Morgan fingerprint density at radius 3 is 2.38 bits per heavy atom. The number of urea groups is 1. The van der Waals surface area contributed by atoms with E-state index in [1.165, 1.54) is 4.90 Å². The third-order valence-corrected chi connectivity index (χ3v) is 5.04. The highest BCUT2D eigenvalue weighted by molar-refractivity contribution is 6.08. The van der Waals surface area contributed by atoms with Gasteiger partial charge in [-0.3, -0.25) is 14.5 Å². The van der Waals surface area contributed by atoms with Gasteiger partial charge in [0.05, 0.1) is 6.04 Å². The van der Waals surface area contributed by atoms with Gasteiger partial charge in [0.15, 0.2) is 0 Å². The molecule has 3 saturated heterocycles. The molecule has 6 heteroatoms. The van der Waals surface area contributed by atoms with Gasteiger partial charge in [-0.1, -0.05) is 0 Å². The van der Waals surface area contributed by atoms with Crippen molar-refractivity contribution in [2.75, 3.05) is 13.1 Å². The molecule has 0 radical (unpaired) electrons. The van der Waals surface area contributed by atoms with Gasteiger partial charge in [-0.05, 0) is 40.5 Å². The Kier molecular flexibility index (Phi) is 2.88. The molecule has 3 rings (SSSR count). The fourth-order valence-electron chi connectivity index (χ4n) is 3.80. The Morgan fingerprint density at radius 1 is 1.19 bits per heavy atom. The molecule has 0 bridgehead atoms. The second-order valence-corrected chi connectivity index (χ2v) is 7.52. The summed E-state index contributed by atoms with van der Waals surface area (Å²) in [6.07, 6.45) is 1.84. The van der Waals surface area contributed by atoms with Crippen LogP contribution in [0.15, 0.2) is 0 Å². The lowest BCUT2D eigenvalue weighted by Gasteiger charge is -2.32. The predicted octanol–water partition coefficient (Wildman–Crippen LogP) is 1.20. The zero-order chi connectivity index (χ0) is 15.6. The van der Waals surface area contributed by atoms with E-state index in [-0.39, 0.29) is 35.8 Å². The second-order valence-electron chi connectivity index (χ2n) is 7.52. The Balaban J connectivity index is 1.85. The molecule has 0 spiro atoms. The standard InChI is InChI=1S/C15H23N3O3/c1-14(2,3)17-9-10(8-11(17)19)18-12(20)15(4)6-5-7-16(15)13(18)21/h10H,5-9H2,1-4H3/t10?,15-/m0/s1. The molecule has 3 aliphatic rings. The summed E-state index contributed by atoms with van der Waals surface area (Å²) in [5, 5.41) is 0. The molecule has 4 amide bonds. The second kappa shape index (κ2) is 4.21. The third-order valence-electron chi connectivity index (χ3n) is 5.04. The summed E-state index contributed by atoms with van der Waals surface area (Å²) in [5.41, 5.74) is -0.965. The van der Waals surface area contributed by atoms with Crippen LogP contribution < -0.4 is 0 Å². The molecule has 3 fully saturated rings. The molecular formula is C15H23N3O3. The van der Waals surface area contributed by atoms with Crippen LogP contribution in [0.5, 0.6) is 0 Å². The lowest BCUT2D eigenvalue weighted by atomic mass is 9.99. The van der Waals surface area contributed by atoms with Crippen molar-refractivity contribution in [1.29, 1.82) is 0 Å². The molecule has 0 aromatic rings. The predicted molar refractivity (Wildman–Crippen MR) is 76.5 cm³/mol. The van der Waals surface area contributed by atoms with E-state index in [9.17, 15) is 14.4 Å². The van der Waals surface area contributed by atoms with Crippen molar-refractivity contribution in [3.8, 4) is 0 Å². The van der Waals surface area contributed by atoms with Crippen molar-refractivity contribution in [3.05, 3.63) is 0 Å². The summed E-state index contributed by atoms with van der Waals surface area (Å²) in [4.78, 5) is 42.2.